The number of benzene rings is 4. The Labute approximate surface area is 170 Å². The van der Waals surface area contributed by atoms with E-state index in [0.29, 0.717) is 0 Å². The van der Waals surface area contributed by atoms with E-state index < -0.39 is 15.2 Å². The molecule has 0 bridgehead atoms. The lowest BCUT2D eigenvalue weighted by Gasteiger charge is -2.46. The molecule has 0 radical (unpaired) electrons. The minimum atomic E-state index is -1.61. The molecule has 2 heteroatoms. The molecule has 0 aliphatic carbocycles. The van der Waals surface area contributed by atoms with E-state index in [-0.39, 0.29) is 0 Å². The van der Waals surface area contributed by atoms with Crippen LogP contribution >= 0.6 is 0 Å². The summed E-state index contributed by atoms with van der Waals surface area (Å²) in [6.07, 6.45) is 0. The third kappa shape index (κ3) is 2.10. The van der Waals surface area contributed by atoms with E-state index in [9.17, 15) is 0 Å². The quantitative estimate of drug-likeness (QED) is 0.310. The van der Waals surface area contributed by atoms with Gasteiger partial charge in [-0.05, 0) is 57.6 Å². The monoisotopic (exact) mass is 396 g/mol. The van der Waals surface area contributed by atoms with E-state index in [1.54, 1.807) is 10.4 Å². The van der Waals surface area contributed by atoms with Crippen molar-refractivity contribution in [3.05, 3.63) is 71.8 Å². The topological polar surface area (TPSA) is 0 Å². The summed E-state index contributed by atoms with van der Waals surface area (Å²) in [5.74, 6) is 0. The van der Waals surface area contributed by atoms with Gasteiger partial charge in [0.25, 0.3) is 0 Å². The Morgan fingerprint density at radius 1 is 0.500 bits per heavy atom. The molecule has 0 amide bonds. The summed E-state index contributed by atoms with van der Waals surface area (Å²) < 4.78 is 0. The van der Waals surface area contributed by atoms with Gasteiger partial charge in [0, 0.05) is 0 Å². The molecule has 0 atom stereocenters. The third-order valence-corrected chi connectivity index (χ3v) is 25.3. The van der Waals surface area contributed by atoms with Crippen molar-refractivity contribution in [1.29, 1.82) is 0 Å². The normalized spacial score (nSPS) is 16.8. The number of aryl methyl sites for hydroxylation is 2. The molecule has 0 N–H and O–H groups in total. The minimum absolute atomic E-state index is 1.41. The van der Waals surface area contributed by atoms with Gasteiger partial charge in [0.15, 0.2) is 0 Å². The summed E-state index contributed by atoms with van der Waals surface area (Å²) >= 11 is 0. The molecular formula is C26H28Si2. The van der Waals surface area contributed by atoms with Crippen LogP contribution in [-0.2, 0) is 0 Å². The van der Waals surface area contributed by atoms with Gasteiger partial charge in [-0.15, -0.1) is 0 Å². The Kier molecular flexibility index (Phi) is 3.63. The molecule has 0 saturated heterocycles. The second-order valence-electron chi connectivity index (χ2n) is 9.57. The van der Waals surface area contributed by atoms with Gasteiger partial charge in [-0.25, -0.2) is 0 Å². The van der Waals surface area contributed by atoms with Crippen LogP contribution in [0.1, 0.15) is 11.1 Å². The first kappa shape index (κ1) is 17.9. The van der Waals surface area contributed by atoms with E-state index in [2.05, 4.69) is 101 Å². The molecule has 1 heterocycles. The summed E-state index contributed by atoms with van der Waals surface area (Å²) in [7, 11) is -3.22. The standard InChI is InChI=1S/C26H28Si2/c1-17-15-23-25(21-13-9-7-11-19(17)21)26-22-14-10-8-12-20(22)18(2)16-24(26)28(5,6)27(23,3)4/h7-16H,1-6H3. The van der Waals surface area contributed by atoms with Crippen LogP contribution in [-0.4, -0.2) is 15.2 Å². The van der Waals surface area contributed by atoms with Gasteiger partial charge in [0.05, 0.1) is 15.2 Å². The molecule has 0 aromatic heterocycles. The van der Waals surface area contributed by atoms with Gasteiger partial charge in [-0.1, -0.05) is 97.2 Å². The highest BCUT2D eigenvalue weighted by Crippen LogP contribution is 2.41. The Bertz CT molecular complexity index is 1180. The maximum atomic E-state index is 2.62. The van der Waals surface area contributed by atoms with Gasteiger partial charge >= 0.3 is 0 Å². The largest absolute Gasteiger partial charge is 0.0800 e. The first-order valence-corrected chi connectivity index (χ1v) is 17.3. The first-order chi connectivity index (χ1) is 13.2. The fourth-order valence-corrected chi connectivity index (χ4v) is 14.8. The lowest BCUT2D eigenvalue weighted by atomic mass is 9.90. The number of fused-ring (bicyclic) bond motifs is 7. The molecule has 0 spiro atoms. The van der Waals surface area contributed by atoms with Crippen molar-refractivity contribution in [2.24, 2.45) is 0 Å². The van der Waals surface area contributed by atoms with E-state index >= 15 is 0 Å². The lowest BCUT2D eigenvalue weighted by molar-refractivity contribution is 1.51. The number of hydrogen-bond donors (Lipinski definition) is 0. The molecule has 140 valence electrons. The molecule has 0 nitrogen and oxygen atoms in total. The van der Waals surface area contributed by atoms with E-state index in [0.717, 1.165) is 0 Å². The van der Waals surface area contributed by atoms with Crippen LogP contribution in [0.15, 0.2) is 60.7 Å². The minimum Gasteiger partial charge on any atom is -0.0671 e. The van der Waals surface area contributed by atoms with E-state index in [1.807, 2.05) is 0 Å². The van der Waals surface area contributed by atoms with Crippen molar-refractivity contribution in [2.75, 3.05) is 0 Å². The fourth-order valence-electron chi connectivity index (χ4n) is 5.31. The van der Waals surface area contributed by atoms with Crippen molar-refractivity contribution in [3.8, 4) is 11.1 Å². The average molecular weight is 397 g/mol. The van der Waals surface area contributed by atoms with Gasteiger partial charge in [-0.2, -0.15) is 0 Å². The zero-order valence-corrected chi connectivity index (χ0v) is 19.8. The Morgan fingerprint density at radius 3 is 1.18 bits per heavy atom. The van der Waals surface area contributed by atoms with Crippen LogP contribution in [0.4, 0.5) is 0 Å². The highest BCUT2D eigenvalue weighted by molar-refractivity contribution is 7.51. The molecule has 0 fully saturated rings. The van der Waals surface area contributed by atoms with Crippen molar-refractivity contribution >= 4 is 47.1 Å². The zero-order chi connectivity index (χ0) is 19.8. The summed E-state index contributed by atoms with van der Waals surface area (Å²) in [6, 6.07) is 23.2. The number of hydrogen-bond acceptors (Lipinski definition) is 0. The Hall–Kier alpha value is -2.17. The maximum Gasteiger partial charge on any atom is 0.0800 e. The molecule has 1 aliphatic rings. The molecule has 0 saturated carbocycles. The molecule has 28 heavy (non-hydrogen) atoms. The van der Waals surface area contributed by atoms with Gasteiger partial charge in [-0.3, -0.25) is 0 Å². The zero-order valence-electron chi connectivity index (χ0n) is 17.8. The number of rotatable bonds is 0. The maximum absolute atomic E-state index is 2.62. The van der Waals surface area contributed by atoms with E-state index in [4.69, 9.17) is 0 Å². The van der Waals surface area contributed by atoms with Crippen LogP contribution in [0.5, 0.6) is 0 Å². The molecule has 4 aromatic carbocycles. The van der Waals surface area contributed by atoms with Gasteiger partial charge in [0.2, 0.25) is 0 Å². The van der Waals surface area contributed by atoms with Crippen LogP contribution in [0, 0.1) is 13.8 Å². The third-order valence-electron chi connectivity index (χ3n) is 7.66. The van der Waals surface area contributed by atoms with Crippen molar-refractivity contribution in [2.45, 2.75) is 40.0 Å². The summed E-state index contributed by atoms with van der Waals surface area (Å²) in [5.41, 5.74) is 5.94. The Balaban J connectivity index is 2.10. The molecule has 5 rings (SSSR count). The molecule has 0 unspecified atom stereocenters. The van der Waals surface area contributed by atoms with Crippen molar-refractivity contribution < 1.29 is 0 Å². The SMILES string of the molecule is Cc1cc2c(c3ccccc13)-c1c(cc(C)c3ccccc13)[Si](C)(C)[Si]2(C)C. The summed E-state index contributed by atoms with van der Waals surface area (Å²) in [4.78, 5) is 0. The van der Waals surface area contributed by atoms with Crippen molar-refractivity contribution in [1.82, 2.24) is 0 Å². The second kappa shape index (κ2) is 5.68. The van der Waals surface area contributed by atoms with Gasteiger partial charge < -0.3 is 0 Å². The molecule has 4 aromatic rings. The van der Waals surface area contributed by atoms with Crippen LogP contribution < -0.4 is 10.4 Å². The highest BCUT2D eigenvalue weighted by Gasteiger charge is 2.50. The van der Waals surface area contributed by atoms with Crippen molar-refractivity contribution in [3.63, 3.8) is 0 Å². The van der Waals surface area contributed by atoms with Crippen LogP contribution in [0.25, 0.3) is 32.7 Å². The highest BCUT2D eigenvalue weighted by atomic mass is 29.3. The molecule has 1 aliphatic heterocycles. The van der Waals surface area contributed by atoms with Gasteiger partial charge in [0.1, 0.15) is 0 Å². The fraction of sp³-hybridized carbons (Fsp3) is 0.231. The summed E-state index contributed by atoms with van der Waals surface area (Å²) in [6.45, 7) is 15.1. The molecular weight excluding hydrogens is 368 g/mol. The smallest absolute Gasteiger partial charge is 0.0671 e. The Morgan fingerprint density at radius 2 is 0.821 bits per heavy atom. The van der Waals surface area contributed by atoms with Crippen LogP contribution in [0.3, 0.4) is 0 Å². The van der Waals surface area contributed by atoms with E-state index in [1.165, 1.54) is 43.8 Å². The predicted octanol–water partition coefficient (Wildman–Crippen LogP) is 6.20. The van der Waals surface area contributed by atoms with Crippen LogP contribution in [0.2, 0.25) is 26.2 Å². The second-order valence-corrected chi connectivity index (χ2v) is 24.7. The average Bonchev–Trinajstić information content (AvgIpc) is 2.67. The predicted molar refractivity (Wildman–Crippen MR) is 131 cm³/mol. The summed E-state index contributed by atoms with van der Waals surface area (Å²) in [5, 5.41) is 9.06. The first-order valence-electron chi connectivity index (χ1n) is 10.3. The lowest BCUT2D eigenvalue weighted by Crippen LogP contribution is -2.72.